The summed E-state index contributed by atoms with van der Waals surface area (Å²) in [5, 5.41) is 19.8. The lowest BCUT2D eigenvalue weighted by molar-refractivity contribution is -0.385. The van der Waals surface area contributed by atoms with Gasteiger partial charge in [0.25, 0.3) is 0 Å². The minimum Gasteiger partial charge on any atom is -0.490 e. The quantitative estimate of drug-likeness (QED) is 0.575. The van der Waals surface area contributed by atoms with Crippen molar-refractivity contribution in [1.29, 1.82) is 5.26 Å². The molecule has 0 atom stereocenters. The molecule has 0 aliphatic heterocycles. The van der Waals surface area contributed by atoms with Gasteiger partial charge in [-0.15, -0.1) is 0 Å². The van der Waals surface area contributed by atoms with E-state index >= 15 is 0 Å². The predicted molar refractivity (Wildman–Crippen MR) is 56.2 cm³/mol. The van der Waals surface area contributed by atoms with E-state index in [1.165, 1.54) is 13.2 Å². The molecular weight excluding hydrogens is 208 g/mol. The minimum absolute atomic E-state index is 0.0819. The summed E-state index contributed by atoms with van der Waals surface area (Å²) in [7, 11) is 1.39. The number of hydrogen-bond donors (Lipinski definition) is 0. The van der Waals surface area contributed by atoms with Gasteiger partial charge in [-0.3, -0.25) is 10.1 Å². The molecule has 0 spiro atoms. The van der Waals surface area contributed by atoms with Crippen molar-refractivity contribution in [2.75, 3.05) is 7.11 Å². The third-order valence-corrected chi connectivity index (χ3v) is 2.89. The average molecular weight is 218 g/mol. The topological polar surface area (TPSA) is 76.2 Å². The van der Waals surface area contributed by atoms with E-state index < -0.39 is 10.3 Å². The molecule has 0 amide bonds. The van der Waals surface area contributed by atoms with Crippen LogP contribution >= 0.6 is 0 Å². The summed E-state index contributed by atoms with van der Waals surface area (Å²) in [5.74, 6) is 0.225. The lowest BCUT2D eigenvalue weighted by Crippen LogP contribution is -2.04. The number of nitriles is 1. The third kappa shape index (κ3) is 1.48. The first-order valence-electron chi connectivity index (χ1n) is 4.87. The molecule has 1 aromatic rings. The van der Waals surface area contributed by atoms with Crippen molar-refractivity contribution >= 4 is 5.69 Å². The van der Waals surface area contributed by atoms with Crippen LogP contribution in [0.5, 0.6) is 5.75 Å². The standard InChI is InChI=1S/C11H10N2O3/c1-16-10-3-2-8(6-9(10)13(14)15)11(7-12)4-5-11/h2-3,6H,4-5H2,1H3. The van der Waals surface area contributed by atoms with Gasteiger partial charge >= 0.3 is 5.69 Å². The number of nitro benzene ring substituents is 1. The molecule has 0 saturated heterocycles. The zero-order valence-electron chi connectivity index (χ0n) is 8.77. The van der Waals surface area contributed by atoms with Gasteiger partial charge in [0.15, 0.2) is 5.75 Å². The van der Waals surface area contributed by atoms with Crippen LogP contribution in [0.1, 0.15) is 18.4 Å². The molecule has 1 aliphatic carbocycles. The highest BCUT2D eigenvalue weighted by atomic mass is 16.6. The van der Waals surface area contributed by atoms with Crippen molar-refractivity contribution in [3.8, 4) is 11.8 Å². The fraction of sp³-hybridized carbons (Fsp3) is 0.364. The first-order chi connectivity index (χ1) is 7.63. The number of methoxy groups -OCH3 is 1. The van der Waals surface area contributed by atoms with Gasteiger partial charge in [0, 0.05) is 6.07 Å². The Bertz CT molecular complexity index is 486. The maximum atomic E-state index is 10.8. The van der Waals surface area contributed by atoms with Crippen LogP contribution in [0.4, 0.5) is 5.69 Å². The summed E-state index contributed by atoms with van der Waals surface area (Å²) >= 11 is 0. The van der Waals surface area contributed by atoms with E-state index in [2.05, 4.69) is 6.07 Å². The van der Waals surface area contributed by atoms with Gasteiger partial charge in [0.05, 0.1) is 23.5 Å². The van der Waals surface area contributed by atoms with Crippen LogP contribution in [-0.4, -0.2) is 12.0 Å². The summed E-state index contributed by atoms with van der Waals surface area (Å²) in [6.07, 6.45) is 1.54. The van der Waals surface area contributed by atoms with E-state index in [4.69, 9.17) is 10.00 Å². The fourth-order valence-electron chi connectivity index (χ4n) is 1.72. The normalized spacial score (nSPS) is 16.2. The SMILES string of the molecule is COc1ccc(C2(C#N)CC2)cc1[N+](=O)[O-]. The van der Waals surface area contributed by atoms with Crippen LogP contribution in [0, 0.1) is 21.4 Å². The Labute approximate surface area is 92.4 Å². The smallest absolute Gasteiger partial charge is 0.311 e. The number of hydrogen-bond acceptors (Lipinski definition) is 4. The first-order valence-corrected chi connectivity index (χ1v) is 4.87. The second kappa shape index (κ2) is 3.49. The molecular formula is C11H10N2O3. The number of benzene rings is 1. The third-order valence-electron chi connectivity index (χ3n) is 2.89. The first kappa shape index (κ1) is 10.4. The summed E-state index contributed by atoms with van der Waals surface area (Å²) in [5.41, 5.74) is 0.126. The fourth-order valence-corrected chi connectivity index (χ4v) is 1.72. The van der Waals surface area contributed by atoms with Crippen LogP contribution in [0.2, 0.25) is 0 Å². The van der Waals surface area contributed by atoms with Crippen LogP contribution in [0.15, 0.2) is 18.2 Å². The Morgan fingerprint density at radius 2 is 2.25 bits per heavy atom. The van der Waals surface area contributed by atoms with Crippen LogP contribution in [0.25, 0.3) is 0 Å². The molecule has 5 nitrogen and oxygen atoms in total. The molecule has 5 heteroatoms. The van der Waals surface area contributed by atoms with E-state index in [0.29, 0.717) is 5.56 Å². The molecule has 1 aliphatic rings. The highest BCUT2D eigenvalue weighted by molar-refractivity contribution is 5.53. The number of nitro groups is 1. The zero-order valence-corrected chi connectivity index (χ0v) is 8.77. The van der Waals surface area contributed by atoms with Crippen molar-refractivity contribution in [2.45, 2.75) is 18.3 Å². The van der Waals surface area contributed by atoms with Gasteiger partial charge in [-0.05, 0) is 24.5 Å². The summed E-state index contributed by atoms with van der Waals surface area (Å²) < 4.78 is 4.90. The van der Waals surface area contributed by atoms with Gasteiger partial charge in [0.1, 0.15) is 0 Å². The van der Waals surface area contributed by atoms with Gasteiger partial charge in [-0.1, -0.05) is 6.07 Å². The van der Waals surface area contributed by atoms with Crippen molar-refractivity contribution in [3.63, 3.8) is 0 Å². The van der Waals surface area contributed by atoms with E-state index in [-0.39, 0.29) is 11.4 Å². The summed E-state index contributed by atoms with van der Waals surface area (Å²) in [4.78, 5) is 10.3. The van der Waals surface area contributed by atoms with Crippen molar-refractivity contribution in [2.24, 2.45) is 0 Å². The second-order valence-electron chi connectivity index (χ2n) is 3.84. The lowest BCUT2D eigenvalue weighted by Gasteiger charge is -2.07. The maximum Gasteiger partial charge on any atom is 0.311 e. The minimum atomic E-state index is -0.503. The van der Waals surface area contributed by atoms with Crippen LogP contribution < -0.4 is 4.74 Å². The molecule has 0 aromatic heterocycles. The summed E-state index contributed by atoms with van der Waals surface area (Å²) in [6.45, 7) is 0. The van der Waals surface area contributed by atoms with Crippen LogP contribution in [-0.2, 0) is 5.41 Å². The van der Waals surface area contributed by atoms with Gasteiger partial charge in [-0.2, -0.15) is 5.26 Å². The molecule has 1 aromatic carbocycles. The molecule has 0 bridgehead atoms. The van der Waals surface area contributed by atoms with Gasteiger partial charge in [0.2, 0.25) is 0 Å². The van der Waals surface area contributed by atoms with Crippen molar-refractivity contribution in [1.82, 2.24) is 0 Å². The van der Waals surface area contributed by atoms with Crippen molar-refractivity contribution < 1.29 is 9.66 Å². The highest BCUT2D eigenvalue weighted by Gasteiger charge is 2.45. The zero-order chi connectivity index (χ0) is 11.8. The van der Waals surface area contributed by atoms with E-state index in [0.717, 1.165) is 12.8 Å². The largest absolute Gasteiger partial charge is 0.490 e. The molecule has 0 unspecified atom stereocenters. The molecule has 0 heterocycles. The van der Waals surface area contributed by atoms with Gasteiger partial charge in [-0.25, -0.2) is 0 Å². The Morgan fingerprint density at radius 1 is 1.56 bits per heavy atom. The Morgan fingerprint density at radius 3 is 2.69 bits per heavy atom. The second-order valence-corrected chi connectivity index (χ2v) is 3.84. The Balaban J connectivity index is 2.48. The molecule has 0 N–H and O–H groups in total. The molecule has 82 valence electrons. The molecule has 1 fully saturated rings. The maximum absolute atomic E-state index is 10.8. The highest BCUT2D eigenvalue weighted by Crippen LogP contribution is 2.49. The van der Waals surface area contributed by atoms with E-state index in [1.807, 2.05) is 0 Å². The molecule has 2 rings (SSSR count). The molecule has 1 saturated carbocycles. The van der Waals surface area contributed by atoms with Crippen molar-refractivity contribution in [3.05, 3.63) is 33.9 Å². The predicted octanol–water partition coefficient (Wildman–Crippen LogP) is 2.16. The van der Waals surface area contributed by atoms with E-state index in [1.54, 1.807) is 12.1 Å². The lowest BCUT2D eigenvalue weighted by atomic mass is 9.97. The number of rotatable bonds is 3. The summed E-state index contributed by atoms with van der Waals surface area (Å²) in [6, 6.07) is 6.92. The molecule has 0 radical (unpaired) electrons. The molecule has 16 heavy (non-hydrogen) atoms. The van der Waals surface area contributed by atoms with Crippen LogP contribution in [0.3, 0.4) is 0 Å². The van der Waals surface area contributed by atoms with E-state index in [9.17, 15) is 10.1 Å². The Kier molecular flexibility index (Phi) is 2.27. The number of nitrogens with zero attached hydrogens (tertiary/aromatic N) is 2. The number of ether oxygens (including phenoxy) is 1. The van der Waals surface area contributed by atoms with Gasteiger partial charge < -0.3 is 4.74 Å². The monoisotopic (exact) mass is 218 g/mol. The average Bonchev–Trinajstić information content (AvgIpc) is 3.09. The Hall–Kier alpha value is -2.09.